The van der Waals surface area contributed by atoms with Crippen LogP contribution in [-0.4, -0.2) is 45.9 Å². The molecule has 0 saturated carbocycles. The van der Waals surface area contributed by atoms with Gasteiger partial charge in [0.1, 0.15) is 0 Å². The van der Waals surface area contributed by atoms with Crippen molar-refractivity contribution < 1.29 is 9.59 Å². The molecule has 1 aromatic carbocycles. The van der Waals surface area contributed by atoms with E-state index in [-0.39, 0.29) is 17.7 Å². The minimum atomic E-state index is -0.307. The van der Waals surface area contributed by atoms with Gasteiger partial charge in [-0.05, 0) is 50.4 Å². The highest BCUT2D eigenvalue weighted by Crippen LogP contribution is 2.25. The van der Waals surface area contributed by atoms with Crippen molar-refractivity contribution >= 4 is 17.8 Å². The number of imidazole rings is 1. The van der Waals surface area contributed by atoms with Gasteiger partial charge in [0.15, 0.2) is 0 Å². The minimum absolute atomic E-state index is 0.0240. The number of amides is 2. The molecule has 3 N–H and O–H groups in total. The molecule has 1 atom stereocenters. The van der Waals surface area contributed by atoms with E-state index in [0.29, 0.717) is 25.5 Å². The molecule has 0 radical (unpaired) electrons. The number of hydrogen-bond acceptors (Lipinski definition) is 4. The number of likely N-dealkylation sites (tertiary alicyclic amines) is 1. The van der Waals surface area contributed by atoms with Gasteiger partial charge >= 0.3 is 0 Å². The third-order valence-electron chi connectivity index (χ3n) is 5.58. The first-order chi connectivity index (χ1) is 13.3. The van der Waals surface area contributed by atoms with Gasteiger partial charge in [-0.15, -0.1) is 0 Å². The lowest BCUT2D eigenvalue weighted by atomic mass is 9.97. The fourth-order valence-electron chi connectivity index (χ4n) is 3.65. The summed E-state index contributed by atoms with van der Waals surface area (Å²) in [4.78, 5) is 30.3. The first-order valence-corrected chi connectivity index (χ1v) is 9.76. The topological polar surface area (TPSA) is 93.2 Å². The summed E-state index contributed by atoms with van der Waals surface area (Å²) in [5.41, 5.74) is 9.75. The van der Waals surface area contributed by atoms with Gasteiger partial charge < -0.3 is 15.2 Å². The van der Waals surface area contributed by atoms with Gasteiger partial charge in [0, 0.05) is 32.1 Å². The van der Waals surface area contributed by atoms with E-state index in [2.05, 4.69) is 47.2 Å². The number of rotatable bonds is 6. The molecule has 150 valence electrons. The molecule has 0 spiro atoms. The van der Waals surface area contributed by atoms with Gasteiger partial charge in [0.2, 0.25) is 17.8 Å². The lowest BCUT2D eigenvalue weighted by Crippen LogP contribution is -2.42. The standard InChI is InChI=1S/C21H29N5O2/c1-14-6-7-16(11-15(14)2)18-12-23-21(25(18)3)24-20(28)17-5-4-9-26(13-17)10-8-19(22)27/h6-7,11-12,17H,4-5,8-10,13H2,1-3H3,(H2,22,27)(H,23,24,28)/t17-/m0/s1. The van der Waals surface area contributed by atoms with Crippen LogP contribution < -0.4 is 11.1 Å². The SMILES string of the molecule is Cc1ccc(-c2cnc(NC(=O)[C@H]3CCCN(CCC(N)=O)C3)n2C)cc1C. The van der Waals surface area contributed by atoms with Crippen molar-refractivity contribution in [1.82, 2.24) is 14.5 Å². The van der Waals surface area contributed by atoms with E-state index in [4.69, 9.17) is 5.73 Å². The summed E-state index contributed by atoms with van der Waals surface area (Å²) in [6.45, 7) is 6.33. The molecule has 0 aliphatic carbocycles. The number of hydrogen-bond donors (Lipinski definition) is 2. The first-order valence-electron chi connectivity index (χ1n) is 9.76. The van der Waals surface area contributed by atoms with E-state index in [1.807, 2.05) is 11.6 Å². The van der Waals surface area contributed by atoms with Crippen molar-refractivity contribution in [2.45, 2.75) is 33.1 Å². The van der Waals surface area contributed by atoms with Crippen LogP contribution in [0.15, 0.2) is 24.4 Å². The van der Waals surface area contributed by atoms with E-state index in [1.165, 1.54) is 11.1 Å². The molecule has 2 amide bonds. The molecule has 7 nitrogen and oxygen atoms in total. The highest BCUT2D eigenvalue weighted by Gasteiger charge is 2.26. The third-order valence-corrected chi connectivity index (χ3v) is 5.58. The van der Waals surface area contributed by atoms with Gasteiger partial charge in [-0.3, -0.25) is 14.9 Å². The largest absolute Gasteiger partial charge is 0.370 e. The van der Waals surface area contributed by atoms with Crippen molar-refractivity contribution in [3.63, 3.8) is 0 Å². The molecule has 1 aliphatic heterocycles. The van der Waals surface area contributed by atoms with Gasteiger partial charge in [-0.25, -0.2) is 4.98 Å². The van der Waals surface area contributed by atoms with Crippen LogP contribution in [-0.2, 0) is 16.6 Å². The number of nitrogens with zero attached hydrogens (tertiary/aromatic N) is 3. The summed E-state index contributed by atoms with van der Waals surface area (Å²) >= 11 is 0. The van der Waals surface area contributed by atoms with Gasteiger partial charge in [-0.2, -0.15) is 0 Å². The van der Waals surface area contributed by atoms with Crippen LogP contribution in [0, 0.1) is 19.8 Å². The Hall–Kier alpha value is -2.67. The molecule has 0 unspecified atom stereocenters. The van der Waals surface area contributed by atoms with Crippen molar-refractivity contribution in [3.8, 4) is 11.3 Å². The Bertz CT molecular complexity index is 874. The first kappa shape index (κ1) is 20.1. The van der Waals surface area contributed by atoms with Crippen molar-refractivity contribution in [3.05, 3.63) is 35.5 Å². The van der Waals surface area contributed by atoms with E-state index < -0.39 is 0 Å². The molecular weight excluding hydrogens is 354 g/mol. The van der Waals surface area contributed by atoms with Crippen LogP contribution in [0.2, 0.25) is 0 Å². The molecule has 7 heteroatoms. The summed E-state index contributed by atoms with van der Waals surface area (Å²) in [5.74, 6) is 0.110. The Morgan fingerprint density at radius 1 is 1.29 bits per heavy atom. The number of aryl methyl sites for hydroxylation is 2. The number of piperidine rings is 1. The maximum atomic E-state index is 12.8. The van der Waals surface area contributed by atoms with Crippen molar-refractivity contribution in [1.29, 1.82) is 0 Å². The normalized spacial score (nSPS) is 17.5. The monoisotopic (exact) mass is 383 g/mol. The second kappa shape index (κ2) is 8.56. The van der Waals surface area contributed by atoms with E-state index in [9.17, 15) is 9.59 Å². The van der Waals surface area contributed by atoms with E-state index >= 15 is 0 Å². The maximum Gasteiger partial charge on any atom is 0.231 e. The molecule has 3 rings (SSSR count). The Labute approximate surface area is 165 Å². The zero-order valence-corrected chi connectivity index (χ0v) is 16.9. The molecule has 1 saturated heterocycles. The third kappa shape index (κ3) is 4.59. The summed E-state index contributed by atoms with van der Waals surface area (Å²) in [6, 6.07) is 6.30. The highest BCUT2D eigenvalue weighted by molar-refractivity contribution is 5.91. The predicted molar refractivity (Wildman–Crippen MR) is 110 cm³/mol. The number of carbonyl (C=O) groups excluding carboxylic acids is 2. The van der Waals surface area contributed by atoms with Gasteiger partial charge in [0.25, 0.3) is 0 Å². The van der Waals surface area contributed by atoms with E-state index in [1.54, 1.807) is 6.20 Å². The molecule has 28 heavy (non-hydrogen) atoms. The smallest absolute Gasteiger partial charge is 0.231 e. The molecule has 0 bridgehead atoms. The van der Waals surface area contributed by atoms with Crippen LogP contribution in [0.3, 0.4) is 0 Å². The Morgan fingerprint density at radius 2 is 2.07 bits per heavy atom. The number of nitrogens with two attached hydrogens (primary N) is 1. The fraction of sp³-hybridized carbons (Fsp3) is 0.476. The molecule has 1 aliphatic rings. The van der Waals surface area contributed by atoms with E-state index in [0.717, 1.165) is 30.6 Å². The van der Waals surface area contributed by atoms with Crippen LogP contribution in [0.1, 0.15) is 30.4 Å². The summed E-state index contributed by atoms with van der Waals surface area (Å²) in [7, 11) is 1.91. The van der Waals surface area contributed by atoms with Crippen LogP contribution in [0.25, 0.3) is 11.3 Å². The van der Waals surface area contributed by atoms with Crippen LogP contribution >= 0.6 is 0 Å². The maximum absolute atomic E-state index is 12.8. The lowest BCUT2D eigenvalue weighted by molar-refractivity contribution is -0.121. The lowest BCUT2D eigenvalue weighted by Gasteiger charge is -2.31. The van der Waals surface area contributed by atoms with Gasteiger partial charge in [0.05, 0.1) is 17.8 Å². The average Bonchev–Trinajstić information content (AvgIpc) is 3.03. The van der Waals surface area contributed by atoms with Crippen LogP contribution in [0.5, 0.6) is 0 Å². The summed E-state index contributed by atoms with van der Waals surface area (Å²) < 4.78 is 1.91. The Morgan fingerprint density at radius 3 is 2.79 bits per heavy atom. The van der Waals surface area contributed by atoms with Crippen molar-refractivity contribution in [2.24, 2.45) is 18.7 Å². The number of nitrogens with one attached hydrogen (secondary N) is 1. The predicted octanol–water partition coefficient (Wildman–Crippen LogP) is 2.23. The number of benzene rings is 1. The Kier molecular flexibility index (Phi) is 6.14. The van der Waals surface area contributed by atoms with Gasteiger partial charge in [-0.1, -0.05) is 12.1 Å². The molecular formula is C21H29N5O2. The zero-order valence-electron chi connectivity index (χ0n) is 16.9. The summed E-state index contributed by atoms with van der Waals surface area (Å²) in [6.07, 6.45) is 3.89. The van der Waals surface area contributed by atoms with Crippen LogP contribution in [0.4, 0.5) is 5.95 Å². The molecule has 2 heterocycles. The highest BCUT2D eigenvalue weighted by atomic mass is 16.2. The second-order valence-corrected chi connectivity index (χ2v) is 7.67. The number of primary amides is 1. The summed E-state index contributed by atoms with van der Waals surface area (Å²) in [5, 5.41) is 2.98. The molecule has 1 fully saturated rings. The minimum Gasteiger partial charge on any atom is -0.370 e. The molecule has 2 aromatic rings. The average molecular weight is 383 g/mol. The number of anilines is 1. The zero-order chi connectivity index (χ0) is 20.3. The fourth-order valence-corrected chi connectivity index (χ4v) is 3.65. The molecule has 1 aromatic heterocycles. The number of carbonyl (C=O) groups is 2. The Balaban J connectivity index is 1.66. The quantitative estimate of drug-likeness (QED) is 0.800. The van der Waals surface area contributed by atoms with Crippen molar-refractivity contribution in [2.75, 3.05) is 25.0 Å². The number of aromatic nitrogens is 2. The second-order valence-electron chi connectivity index (χ2n) is 7.67.